The molecule has 0 unspecified atom stereocenters. The van der Waals surface area contributed by atoms with E-state index in [2.05, 4.69) is 35.8 Å². The molecule has 0 radical (unpaired) electrons. The number of thioether (sulfide) groups is 1. The van der Waals surface area contributed by atoms with Crippen LogP contribution in [0.4, 0.5) is 0 Å². The topological polar surface area (TPSA) is 94.3 Å². The van der Waals surface area contributed by atoms with Crippen molar-refractivity contribution in [1.82, 2.24) is 10.3 Å². The maximum Gasteiger partial charge on any atom is 0.238 e. The lowest BCUT2D eigenvalue weighted by Gasteiger charge is -2.13. The van der Waals surface area contributed by atoms with Gasteiger partial charge in [0, 0.05) is 28.9 Å². The second-order valence-corrected chi connectivity index (χ2v) is 10.0. The molecule has 0 spiro atoms. The summed E-state index contributed by atoms with van der Waals surface area (Å²) >= 11 is 1.69. The van der Waals surface area contributed by atoms with Crippen molar-refractivity contribution >= 4 is 32.7 Å². The number of nitrogens with one attached hydrogen (secondary N) is 1. The molecule has 0 aliphatic carbocycles. The number of ether oxygens (including phenoxy) is 1. The summed E-state index contributed by atoms with van der Waals surface area (Å²) in [5.74, 6) is 0.798. The van der Waals surface area contributed by atoms with Crippen LogP contribution in [-0.2, 0) is 23.1 Å². The van der Waals surface area contributed by atoms with Crippen LogP contribution in [0.1, 0.15) is 11.1 Å². The summed E-state index contributed by atoms with van der Waals surface area (Å²) in [7, 11) is -2.04. The molecule has 0 fully saturated rings. The number of hydrogen-bond acceptors (Lipinski definition) is 6. The number of nitrogens with zero attached hydrogens (tertiary/aromatic N) is 1. The third-order valence-corrected chi connectivity index (χ3v) is 7.02. The lowest BCUT2D eigenvalue weighted by Crippen LogP contribution is -2.15. The van der Waals surface area contributed by atoms with Crippen molar-refractivity contribution in [3.8, 4) is 17.0 Å². The predicted octanol–water partition coefficient (Wildman–Crippen LogP) is 4.57. The molecule has 4 rings (SSSR count). The average Bonchev–Trinajstić information content (AvgIpc) is 2.83. The number of sulfonamides is 1. The van der Waals surface area contributed by atoms with Crippen LogP contribution in [0.2, 0.25) is 0 Å². The second kappa shape index (κ2) is 9.93. The monoisotopic (exact) mass is 479 g/mol. The zero-order chi connectivity index (χ0) is 23.4. The quantitative estimate of drug-likeness (QED) is 0.360. The fraction of sp³-hybridized carbons (Fsp3) is 0.160. The zero-order valence-corrected chi connectivity index (χ0v) is 20.0. The first-order chi connectivity index (χ1) is 15.9. The summed E-state index contributed by atoms with van der Waals surface area (Å²) in [6, 6.07) is 23.0. The van der Waals surface area contributed by atoms with E-state index < -0.39 is 10.0 Å². The van der Waals surface area contributed by atoms with Crippen LogP contribution in [0.15, 0.2) is 82.6 Å². The van der Waals surface area contributed by atoms with Crippen LogP contribution in [0.3, 0.4) is 0 Å². The van der Waals surface area contributed by atoms with E-state index in [0.29, 0.717) is 13.1 Å². The highest BCUT2D eigenvalue weighted by molar-refractivity contribution is 7.98. The van der Waals surface area contributed by atoms with Crippen LogP contribution in [0.5, 0.6) is 5.75 Å². The Hall–Kier alpha value is -2.91. The Balaban J connectivity index is 1.62. The highest BCUT2D eigenvalue weighted by Crippen LogP contribution is 2.29. The van der Waals surface area contributed by atoms with Crippen molar-refractivity contribution in [1.29, 1.82) is 0 Å². The predicted molar refractivity (Wildman–Crippen MR) is 134 cm³/mol. The molecule has 0 saturated heterocycles. The highest BCUT2D eigenvalue weighted by atomic mass is 32.2. The van der Waals surface area contributed by atoms with Gasteiger partial charge in [0.15, 0.2) is 0 Å². The second-order valence-electron chi connectivity index (χ2n) is 7.58. The number of rotatable bonds is 8. The van der Waals surface area contributed by atoms with Crippen molar-refractivity contribution in [2.24, 2.45) is 5.14 Å². The van der Waals surface area contributed by atoms with Gasteiger partial charge in [0.25, 0.3) is 0 Å². The Bertz CT molecular complexity index is 1370. The molecule has 0 aliphatic rings. The number of aromatic nitrogens is 1. The minimum atomic E-state index is -3.69. The molecule has 0 aliphatic heterocycles. The molecule has 6 nitrogen and oxygen atoms in total. The van der Waals surface area contributed by atoms with E-state index in [9.17, 15) is 8.42 Å². The number of pyridine rings is 1. The zero-order valence-electron chi connectivity index (χ0n) is 18.4. The number of fused-ring (bicyclic) bond motifs is 1. The van der Waals surface area contributed by atoms with Crippen molar-refractivity contribution in [2.45, 2.75) is 22.9 Å². The molecular formula is C25H25N3O3S2. The summed E-state index contributed by atoms with van der Waals surface area (Å²) in [4.78, 5) is 6.28. The molecule has 0 amide bonds. The van der Waals surface area contributed by atoms with Gasteiger partial charge in [-0.25, -0.2) is 18.5 Å². The first-order valence-electron chi connectivity index (χ1n) is 10.3. The first-order valence-corrected chi connectivity index (χ1v) is 13.1. The maximum atomic E-state index is 11.4. The van der Waals surface area contributed by atoms with Gasteiger partial charge in [0.1, 0.15) is 5.75 Å². The van der Waals surface area contributed by atoms with E-state index in [1.54, 1.807) is 31.0 Å². The number of methoxy groups -OCH3 is 1. The lowest BCUT2D eigenvalue weighted by molar-refractivity contribution is 0.415. The Labute approximate surface area is 198 Å². The molecular weight excluding hydrogens is 454 g/mol. The maximum absolute atomic E-state index is 11.4. The Morgan fingerprint density at radius 3 is 2.33 bits per heavy atom. The minimum Gasteiger partial charge on any atom is -0.497 e. The Morgan fingerprint density at radius 2 is 1.70 bits per heavy atom. The average molecular weight is 480 g/mol. The Kier molecular flexibility index (Phi) is 6.99. The molecule has 3 aromatic carbocycles. The molecule has 170 valence electrons. The highest BCUT2D eigenvalue weighted by Gasteiger charge is 2.11. The van der Waals surface area contributed by atoms with Crippen molar-refractivity contribution < 1.29 is 13.2 Å². The van der Waals surface area contributed by atoms with Crippen LogP contribution in [0.25, 0.3) is 22.2 Å². The minimum absolute atomic E-state index is 0.108. The van der Waals surface area contributed by atoms with E-state index in [4.69, 9.17) is 14.9 Å². The summed E-state index contributed by atoms with van der Waals surface area (Å²) < 4.78 is 28.2. The van der Waals surface area contributed by atoms with Gasteiger partial charge in [-0.05, 0) is 72.0 Å². The van der Waals surface area contributed by atoms with Gasteiger partial charge < -0.3 is 10.1 Å². The smallest absolute Gasteiger partial charge is 0.238 e. The van der Waals surface area contributed by atoms with Crippen molar-refractivity contribution in [3.05, 3.63) is 83.9 Å². The van der Waals surface area contributed by atoms with Gasteiger partial charge in [-0.2, -0.15) is 0 Å². The van der Waals surface area contributed by atoms with Crippen LogP contribution < -0.4 is 15.2 Å². The normalized spacial score (nSPS) is 11.6. The van der Waals surface area contributed by atoms with Crippen molar-refractivity contribution in [3.63, 3.8) is 0 Å². The third-order valence-electron chi connectivity index (χ3n) is 5.36. The lowest BCUT2D eigenvalue weighted by atomic mass is 10.0. The SMILES string of the molecule is COc1ccc(-c2nc3cc(SC)ccc3cc2CNCc2ccc(S(N)(=O)=O)cc2)cc1. The van der Waals surface area contributed by atoms with E-state index in [1.165, 1.54) is 17.0 Å². The first kappa shape index (κ1) is 23.3. The molecule has 4 aromatic rings. The fourth-order valence-corrected chi connectivity index (χ4v) is 4.54. The van der Waals surface area contributed by atoms with E-state index in [0.717, 1.165) is 39.0 Å². The molecule has 33 heavy (non-hydrogen) atoms. The number of hydrogen-bond donors (Lipinski definition) is 2. The van der Waals surface area contributed by atoms with Gasteiger partial charge in [0.2, 0.25) is 10.0 Å². The summed E-state index contributed by atoms with van der Waals surface area (Å²) in [6.45, 7) is 1.18. The molecule has 8 heteroatoms. The van der Waals surface area contributed by atoms with E-state index in [-0.39, 0.29) is 4.90 Å². The summed E-state index contributed by atoms with van der Waals surface area (Å²) in [5, 5.41) is 9.71. The number of benzene rings is 3. The van der Waals surface area contributed by atoms with E-state index >= 15 is 0 Å². The van der Waals surface area contributed by atoms with Gasteiger partial charge in [-0.3, -0.25) is 0 Å². The van der Waals surface area contributed by atoms with Gasteiger partial charge in [0.05, 0.1) is 23.2 Å². The summed E-state index contributed by atoms with van der Waals surface area (Å²) in [5.41, 5.74) is 4.93. The molecule has 3 N–H and O–H groups in total. The van der Waals surface area contributed by atoms with Crippen molar-refractivity contribution in [2.75, 3.05) is 13.4 Å². The molecule has 0 saturated carbocycles. The van der Waals surface area contributed by atoms with Gasteiger partial charge in [-0.1, -0.05) is 18.2 Å². The van der Waals surface area contributed by atoms with Gasteiger partial charge in [-0.15, -0.1) is 11.8 Å². The van der Waals surface area contributed by atoms with Crippen LogP contribution in [0, 0.1) is 0 Å². The molecule has 1 aromatic heterocycles. The Morgan fingerprint density at radius 1 is 0.970 bits per heavy atom. The fourth-order valence-electron chi connectivity index (χ4n) is 3.59. The van der Waals surface area contributed by atoms with Gasteiger partial charge >= 0.3 is 0 Å². The van der Waals surface area contributed by atoms with Crippen LogP contribution >= 0.6 is 11.8 Å². The van der Waals surface area contributed by atoms with Crippen LogP contribution in [-0.4, -0.2) is 26.8 Å². The molecule has 0 atom stereocenters. The molecule has 1 heterocycles. The molecule has 0 bridgehead atoms. The number of primary sulfonamides is 1. The number of nitrogens with two attached hydrogens (primary N) is 1. The third kappa shape index (κ3) is 5.54. The van der Waals surface area contributed by atoms with E-state index in [1.807, 2.05) is 24.3 Å². The summed E-state index contributed by atoms with van der Waals surface area (Å²) in [6.07, 6.45) is 2.05. The standard InChI is InChI=1S/C25H25N3O3S2/c1-31-21-8-5-18(6-9-21)25-20(13-19-7-10-22(32-2)14-24(19)28-25)16-27-15-17-3-11-23(12-4-17)33(26,29)30/h3-14,27H,15-16H2,1-2H3,(H2,26,29,30). The largest absolute Gasteiger partial charge is 0.497 e.